The fourth-order valence-corrected chi connectivity index (χ4v) is 4.60. The third kappa shape index (κ3) is 3.99. The molecule has 1 heterocycles. The van der Waals surface area contributed by atoms with E-state index < -0.39 is 17.4 Å². The van der Waals surface area contributed by atoms with E-state index in [9.17, 15) is 19.5 Å². The third-order valence-corrected chi connectivity index (χ3v) is 6.03. The molecule has 1 aromatic carbocycles. The van der Waals surface area contributed by atoms with Crippen molar-refractivity contribution in [1.82, 2.24) is 10.2 Å². The highest BCUT2D eigenvalue weighted by molar-refractivity contribution is 5.89. The van der Waals surface area contributed by atoms with Crippen LogP contribution in [0.15, 0.2) is 30.3 Å². The van der Waals surface area contributed by atoms with Crippen molar-refractivity contribution < 1.29 is 19.5 Å². The molecule has 0 spiro atoms. The molecule has 1 saturated heterocycles. The maximum absolute atomic E-state index is 13.0. The van der Waals surface area contributed by atoms with E-state index in [0.29, 0.717) is 19.4 Å². The van der Waals surface area contributed by atoms with E-state index in [1.807, 2.05) is 37.3 Å². The molecule has 0 aromatic heterocycles. The SMILES string of the molecule is CCCC(NC(=O)Cc1ccccc1)C(=O)N1C[C@@H]2CCC[C@@]2(C(=O)O)C1. The predicted molar refractivity (Wildman–Crippen MR) is 101 cm³/mol. The van der Waals surface area contributed by atoms with Gasteiger partial charge in [-0.25, -0.2) is 0 Å². The summed E-state index contributed by atoms with van der Waals surface area (Å²) in [4.78, 5) is 39.0. The van der Waals surface area contributed by atoms with Gasteiger partial charge in [0.1, 0.15) is 6.04 Å². The van der Waals surface area contributed by atoms with Crippen LogP contribution in [0.2, 0.25) is 0 Å². The largest absolute Gasteiger partial charge is 0.481 e. The van der Waals surface area contributed by atoms with Crippen molar-refractivity contribution in [2.24, 2.45) is 11.3 Å². The zero-order valence-corrected chi connectivity index (χ0v) is 15.8. The minimum atomic E-state index is -0.791. The summed E-state index contributed by atoms with van der Waals surface area (Å²) in [7, 11) is 0. The Labute approximate surface area is 159 Å². The second-order valence-corrected chi connectivity index (χ2v) is 7.84. The molecule has 1 aromatic rings. The quantitative estimate of drug-likeness (QED) is 0.768. The Morgan fingerprint density at radius 2 is 2.04 bits per heavy atom. The van der Waals surface area contributed by atoms with Crippen molar-refractivity contribution >= 4 is 17.8 Å². The second-order valence-electron chi connectivity index (χ2n) is 7.84. The molecule has 3 rings (SSSR count). The van der Waals surface area contributed by atoms with E-state index in [4.69, 9.17) is 0 Å². The van der Waals surface area contributed by atoms with Crippen LogP contribution < -0.4 is 5.32 Å². The number of rotatable bonds is 7. The van der Waals surface area contributed by atoms with Crippen molar-refractivity contribution in [2.45, 2.75) is 51.5 Å². The highest BCUT2D eigenvalue weighted by Crippen LogP contribution is 2.49. The number of hydrogen-bond acceptors (Lipinski definition) is 3. The molecule has 6 nitrogen and oxygen atoms in total. The normalized spacial score (nSPS) is 25.1. The predicted octanol–water partition coefficient (Wildman–Crippen LogP) is 2.23. The molecular weight excluding hydrogens is 344 g/mol. The number of fused-ring (bicyclic) bond motifs is 1. The Morgan fingerprint density at radius 3 is 2.67 bits per heavy atom. The number of benzene rings is 1. The van der Waals surface area contributed by atoms with Gasteiger partial charge in [0.05, 0.1) is 11.8 Å². The number of carbonyl (C=O) groups excluding carboxylic acids is 2. The lowest BCUT2D eigenvalue weighted by atomic mass is 9.81. The molecule has 27 heavy (non-hydrogen) atoms. The lowest BCUT2D eigenvalue weighted by Gasteiger charge is -2.26. The van der Waals surface area contributed by atoms with Gasteiger partial charge in [-0.1, -0.05) is 50.1 Å². The van der Waals surface area contributed by atoms with Crippen molar-refractivity contribution in [3.05, 3.63) is 35.9 Å². The van der Waals surface area contributed by atoms with Gasteiger partial charge < -0.3 is 15.3 Å². The summed E-state index contributed by atoms with van der Waals surface area (Å²) < 4.78 is 0. The average molecular weight is 372 g/mol. The molecule has 1 saturated carbocycles. The Morgan fingerprint density at radius 1 is 1.30 bits per heavy atom. The number of nitrogens with zero attached hydrogens (tertiary/aromatic N) is 1. The first-order valence-corrected chi connectivity index (χ1v) is 9.81. The molecule has 1 unspecified atom stereocenters. The van der Waals surface area contributed by atoms with Crippen LogP contribution in [0.4, 0.5) is 0 Å². The highest BCUT2D eigenvalue weighted by Gasteiger charge is 2.56. The summed E-state index contributed by atoms with van der Waals surface area (Å²) in [6.07, 6.45) is 3.95. The molecule has 2 N–H and O–H groups in total. The monoisotopic (exact) mass is 372 g/mol. The van der Waals surface area contributed by atoms with Crippen LogP contribution in [-0.2, 0) is 20.8 Å². The molecule has 0 bridgehead atoms. The van der Waals surface area contributed by atoms with Crippen LogP contribution in [0.5, 0.6) is 0 Å². The zero-order chi connectivity index (χ0) is 19.4. The number of carboxylic acids is 1. The average Bonchev–Trinajstić information content (AvgIpc) is 3.20. The lowest BCUT2D eigenvalue weighted by Crippen LogP contribution is -2.49. The summed E-state index contributed by atoms with van der Waals surface area (Å²) in [6, 6.07) is 8.84. The first-order chi connectivity index (χ1) is 13.0. The second kappa shape index (κ2) is 8.11. The van der Waals surface area contributed by atoms with E-state index in [1.165, 1.54) is 0 Å². The van der Waals surface area contributed by atoms with Gasteiger partial charge in [0.2, 0.25) is 11.8 Å². The van der Waals surface area contributed by atoms with Gasteiger partial charge in [0.15, 0.2) is 0 Å². The molecule has 3 atom stereocenters. The van der Waals surface area contributed by atoms with Gasteiger partial charge in [-0.3, -0.25) is 14.4 Å². The van der Waals surface area contributed by atoms with Crippen LogP contribution in [0.3, 0.4) is 0 Å². The summed E-state index contributed by atoms with van der Waals surface area (Å²) in [6.45, 7) is 2.72. The minimum absolute atomic E-state index is 0.0289. The molecule has 2 amide bonds. The number of likely N-dealkylation sites (tertiary alicyclic amines) is 1. The Balaban J connectivity index is 1.65. The van der Waals surface area contributed by atoms with Crippen LogP contribution in [0.25, 0.3) is 0 Å². The summed E-state index contributed by atoms with van der Waals surface area (Å²) in [5.41, 5.74) is 0.110. The molecule has 1 aliphatic carbocycles. The Bertz CT molecular complexity index is 705. The van der Waals surface area contributed by atoms with E-state index in [-0.39, 0.29) is 30.7 Å². The smallest absolute Gasteiger partial charge is 0.311 e. The summed E-state index contributed by atoms with van der Waals surface area (Å²) in [5, 5.41) is 12.6. The number of carbonyl (C=O) groups is 3. The number of carboxylic acid groups (broad SMARTS) is 1. The van der Waals surface area contributed by atoms with Crippen LogP contribution >= 0.6 is 0 Å². The molecule has 146 valence electrons. The standard InChI is InChI=1S/C21H28N2O4/c1-2-7-17(22-18(24)12-15-8-4-3-5-9-15)19(25)23-13-16-10-6-11-21(16,14-23)20(26)27/h3-5,8-9,16-17H,2,6-7,10-14H2,1H3,(H,22,24)(H,26,27)/t16-,17?,21+/m0/s1. The highest BCUT2D eigenvalue weighted by atomic mass is 16.4. The van der Waals surface area contributed by atoms with Crippen molar-refractivity contribution in [2.75, 3.05) is 13.1 Å². The number of amides is 2. The van der Waals surface area contributed by atoms with Gasteiger partial charge in [-0.15, -0.1) is 0 Å². The number of aliphatic carboxylic acids is 1. The van der Waals surface area contributed by atoms with Crippen LogP contribution in [0.1, 0.15) is 44.6 Å². The molecule has 0 radical (unpaired) electrons. The fourth-order valence-electron chi connectivity index (χ4n) is 4.60. The van der Waals surface area contributed by atoms with Gasteiger partial charge in [0.25, 0.3) is 0 Å². The minimum Gasteiger partial charge on any atom is -0.481 e. The van der Waals surface area contributed by atoms with Gasteiger partial charge in [-0.2, -0.15) is 0 Å². The van der Waals surface area contributed by atoms with E-state index >= 15 is 0 Å². The summed E-state index contributed by atoms with van der Waals surface area (Å²) in [5.74, 6) is -1.09. The van der Waals surface area contributed by atoms with Gasteiger partial charge in [0, 0.05) is 13.1 Å². The van der Waals surface area contributed by atoms with Crippen molar-refractivity contribution in [1.29, 1.82) is 0 Å². The molecule has 2 aliphatic rings. The Kier molecular flexibility index (Phi) is 5.82. The molecule has 1 aliphatic heterocycles. The van der Waals surface area contributed by atoms with E-state index in [1.54, 1.807) is 4.90 Å². The molecule has 2 fully saturated rings. The zero-order valence-electron chi connectivity index (χ0n) is 15.8. The number of nitrogens with one attached hydrogen (secondary N) is 1. The third-order valence-electron chi connectivity index (χ3n) is 6.03. The van der Waals surface area contributed by atoms with Gasteiger partial charge >= 0.3 is 5.97 Å². The Hall–Kier alpha value is -2.37. The van der Waals surface area contributed by atoms with Crippen molar-refractivity contribution in [3.63, 3.8) is 0 Å². The fraction of sp³-hybridized carbons (Fsp3) is 0.571. The van der Waals surface area contributed by atoms with Crippen LogP contribution in [-0.4, -0.2) is 46.9 Å². The maximum Gasteiger partial charge on any atom is 0.311 e. The van der Waals surface area contributed by atoms with E-state index in [2.05, 4.69) is 5.32 Å². The van der Waals surface area contributed by atoms with Crippen molar-refractivity contribution in [3.8, 4) is 0 Å². The topological polar surface area (TPSA) is 86.7 Å². The lowest BCUT2D eigenvalue weighted by molar-refractivity contribution is -0.150. The van der Waals surface area contributed by atoms with Crippen LogP contribution in [0, 0.1) is 11.3 Å². The van der Waals surface area contributed by atoms with E-state index in [0.717, 1.165) is 24.8 Å². The first kappa shape index (κ1) is 19.4. The summed E-state index contributed by atoms with van der Waals surface area (Å²) >= 11 is 0. The number of hydrogen-bond donors (Lipinski definition) is 2. The first-order valence-electron chi connectivity index (χ1n) is 9.81. The molecular formula is C21H28N2O4. The molecule has 6 heteroatoms. The maximum atomic E-state index is 13.0. The van der Waals surface area contributed by atoms with Gasteiger partial charge in [-0.05, 0) is 30.7 Å².